The number of imidazole rings is 1. The predicted octanol–water partition coefficient (Wildman–Crippen LogP) is 3.32. The third kappa shape index (κ3) is 5.50. The molecule has 2 fully saturated rings. The van der Waals surface area contributed by atoms with Crippen LogP contribution in [0.25, 0.3) is 33.3 Å². The lowest BCUT2D eigenvalue weighted by molar-refractivity contribution is 0.00706. The fourth-order valence-electron chi connectivity index (χ4n) is 4.91. The van der Waals surface area contributed by atoms with Crippen LogP contribution in [0.3, 0.4) is 0 Å². The van der Waals surface area contributed by atoms with E-state index in [9.17, 15) is 14.5 Å². The Labute approximate surface area is 233 Å². The Bertz CT molecular complexity index is 1600. The summed E-state index contributed by atoms with van der Waals surface area (Å²) in [4.78, 5) is 37.7. The van der Waals surface area contributed by atoms with E-state index >= 15 is 0 Å². The average molecular weight is 586 g/mol. The first-order valence-corrected chi connectivity index (χ1v) is 14.6. The van der Waals surface area contributed by atoms with Gasteiger partial charge in [-0.25, -0.2) is 0 Å². The van der Waals surface area contributed by atoms with Crippen LogP contribution < -0.4 is 10.1 Å². The van der Waals surface area contributed by atoms with Gasteiger partial charge >= 0.3 is 7.60 Å². The molecule has 0 aliphatic carbocycles. The van der Waals surface area contributed by atoms with E-state index in [1.165, 1.54) is 0 Å². The van der Waals surface area contributed by atoms with Gasteiger partial charge in [0.1, 0.15) is 24.6 Å². The van der Waals surface area contributed by atoms with Gasteiger partial charge in [0.05, 0.1) is 29.3 Å². The molecule has 0 spiro atoms. The van der Waals surface area contributed by atoms with Crippen molar-refractivity contribution in [3.63, 3.8) is 0 Å². The summed E-state index contributed by atoms with van der Waals surface area (Å²) in [6.45, 7) is 0.520. The molecule has 1 amide bonds. The second-order valence-electron chi connectivity index (χ2n) is 9.69. The van der Waals surface area contributed by atoms with Crippen molar-refractivity contribution in [1.82, 2.24) is 15.3 Å². The first-order chi connectivity index (χ1) is 19.1. The zero-order chi connectivity index (χ0) is 28.0. The van der Waals surface area contributed by atoms with Gasteiger partial charge in [0.25, 0.3) is 11.9 Å². The first-order valence-electron chi connectivity index (χ1n) is 12.5. The van der Waals surface area contributed by atoms with Crippen molar-refractivity contribution in [1.29, 1.82) is 0 Å². The van der Waals surface area contributed by atoms with Gasteiger partial charge in [-0.3, -0.25) is 9.36 Å². The number of ether oxygens (including phenoxy) is 3. The molecule has 0 saturated carbocycles. The molecule has 6 rings (SSSR count). The Balaban J connectivity index is 1.16. The zero-order valence-corrected chi connectivity index (χ0v) is 22.5. The molecule has 0 bridgehead atoms. The summed E-state index contributed by atoms with van der Waals surface area (Å²) in [5, 5.41) is 12.7. The maximum atomic E-state index is 12.1. The number of carbonyl (C=O) groups excluding carboxylic acids is 1. The third-order valence-electron chi connectivity index (χ3n) is 6.92. The molecule has 0 radical (unpaired) electrons. The molecule has 3 heterocycles. The number of rotatable bonds is 7. The van der Waals surface area contributed by atoms with Crippen LogP contribution in [0.4, 0.5) is 0 Å². The summed E-state index contributed by atoms with van der Waals surface area (Å²) >= 11 is 6.62. The van der Waals surface area contributed by atoms with Crippen molar-refractivity contribution in [3.05, 3.63) is 71.2 Å². The summed E-state index contributed by atoms with van der Waals surface area (Å²) in [5.74, 6) is -0.561. The highest BCUT2D eigenvalue weighted by Crippen LogP contribution is 2.35. The van der Waals surface area contributed by atoms with Crippen molar-refractivity contribution in [3.8, 4) is 28.3 Å². The van der Waals surface area contributed by atoms with Crippen molar-refractivity contribution < 1.29 is 38.5 Å². The SMILES string of the molecule is O=C(NCP(=O)(O)O)c1ccc(-c2ccc(-c3cc4nc(O[C@@H]5CO[C@H]6[C@@H]5OC[C@H]6O)[nH]c4cc3Cl)cc2)cc1. The predicted molar refractivity (Wildman–Crippen MR) is 146 cm³/mol. The van der Waals surface area contributed by atoms with Gasteiger partial charge < -0.3 is 39.4 Å². The lowest BCUT2D eigenvalue weighted by atomic mass is 9.99. The van der Waals surface area contributed by atoms with Crippen LogP contribution in [0.5, 0.6) is 6.01 Å². The van der Waals surface area contributed by atoms with Crippen LogP contribution in [-0.2, 0) is 14.0 Å². The maximum Gasteiger partial charge on any atom is 0.344 e. The average Bonchev–Trinajstić information content (AvgIpc) is 3.63. The number of nitrogens with one attached hydrogen (secondary N) is 2. The van der Waals surface area contributed by atoms with Crippen molar-refractivity contribution in [2.75, 3.05) is 19.5 Å². The summed E-state index contributed by atoms with van der Waals surface area (Å²) in [7, 11) is -4.33. The Kier molecular flexibility index (Phi) is 7.14. The molecule has 4 atom stereocenters. The zero-order valence-electron chi connectivity index (χ0n) is 20.9. The van der Waals surface area contributed by atoms with E-state index in [-0.39, 0.29) is 18.8 Å². The molecule has 40 heavy (non-hydrogen) atoms. The molecule has 2 aliphatic heterocycles. The highest BCUT2D eigenvalue weighted by molar-refractivity contribution is 7.51. The lowest BCUT2D eigenvalue weighted by Gasteiger charge is -2.15. The number of aliphatic hydroxyl groups is 1. The number of carbonyl (C=O) groups is 1. The number of aliphatic hydroxyl groups excluding tert-OH is 1. The largest absolute Gasteiger partial charge is 0.456 e. The number of hydrogen-bond donors (Lipinski definition) is 5. The smallest absolute Gasteiger partial charge is 0.344 e. The number of aromatic amines is 1. The van der Waals surface area contributed by atoms with E-state index in [2.05, 4.69) is 15.3 Å². The number of H-pyrrole nitrogens is 1. The highest BCUT2D eigenvalue weighted by Gasteiger charge is 2.48. The lowest BCUT2D eigenvalue weighted by Crippen LogP contribution is -2.34. The van der Waals surface area contributed by atoms with Crippen LogP contribution >= 0.6 is 19.2 Å². The molecular formula is C27H25ClN3O8P. The minimum absolute atomic E-state index is 0.220. The van der Waals surface area contributed by atoms with E-state index in [1.807, 2.05) is 30.3 Å². The van der Waals surface area contributed by atoms with Crippen molar-refractivity contribution in [2.24, 2.45) is 0 Å². The molecule has 0 unspecified atom stereocenters. The van der Waals surface area contributed by atoms with Crippen LogP contribution in [0.15, 0.2) is 60.7 Å². The number of nitrogens with zero attached hydrogens (tertiary/aromatic N) is 1. The van der Waals surface area contributed by atoms with E-state index in [1.54, 1.807) is 30.3 Å². The quantitative estimate of drug-likeness (QED) is 0.205. The number of fused-ring (bicyclic) bond motifs is 2. The molecular weight excluding hydrogens is 561 g/mol. The minimum atomic E-state index is -4.33. The molecule has 11 nitrogen and oxygen atoms in total. The van der Waals surface area contributed by atoms with Crippen molar-refractivity contribution >= 4 is 36.1 Å². The normalized spacial score (nSPS) is 22.4. The Morgan fingerprint density at radius 1 is 1.02 bits per heavy atom. The Hall–Kier alpha value is -3.28. The maximum absolute atomic E-state index is 12.1. The van der Waals surface area contributed by atoms with Crippen LogP contribution in [0.2, 0.25) is 5.02 Å². The van der Waals surface area contributed by atoms with Gasteiger partial charge in [-0.2, -0.15) is 4.98 Å². The second-order valence-corrected chi connectivity index (χ2v) is 11.7. The number of hydrogen-bond acceptors (Lipinski definition) is 7. The van der Waals surface area contributed by atoms with E-state index < -0.39 is 32.0 Å². The monoisotopic (exact) mass is 585 g/mol. The standard InChI is InChI=1S/C27H25ClN3O8P/c28-19-10-21-20(30-27(31-21)39-23-12-38-24-22(32)11-37-25(23)24)9-18(19)16-5-1-14(2-6-16)15-3-7-17(8-4-15)26(33)29-13-40(34,35)36/h1-10,22-25,32H,11-13H2,(H,29,33)(H,30,31)(H2,34,35,36)/t22-,23-,24-,25-/m1/s1. The van der Waals surface area contributed by atoms with Gasteiger partial charge in [-0.05, 0) is 41.0 Å². The fraction of sp³-hybridized carbons (Fsp3) is 0.259. The first kappa shape index (κ1) is 26.9. The number of benzene rings is 3. The fourth-order valence-corrected chi connectivity index (χ4v) is 5.53. The van der Waals surface area contributed by atoms with Gasteiger partial charge in [0.2, 0.25) is 0 Å². The summed E-state index contributed by atoms with van der Waals surface area (Å²) in [6.07, 6.45) is -2.49. The van der Waals surface area contributed by atoms with Crippen molar-refractivity contribution in [2.45, 2.75) is 24.4 Å². The third-order valence-corrected chi connectivity index (χ3v) is 7.80. The van der Waals surface area contributed by atoms with E-state index in [0.29, 0.717) is 34.2 Å². The topological polar surface area (TPSA) is 163 Å². The Morgan fingerprint density at radius 3 is 2.38 bits per heavy atom. The van der Waals surface area contributed by atoms with Gasteiger partial charge in [-0.1, -0.05) is 48.0 Å². The van der Waals surface area contributed by atoms with Crippen LogP contribution in [-0.4, -0.2) is 74.7 Å². The minimum Gasteiger partial charge on any atom is -0.456 e. The van der Waals surface area contributed by atoms with Crippen LogP contribution in [0, 0.1) is 0 Å². The molecule has 2 aliphatic rings. The van der Waals surface area contributed by atoms with E-state index in [0.717, 1.165) is 22.3 Å². The summed E-state index contributed by atoms with van der Waals surface area (Å²) in [6, 6.07) is 18.5. The van der Waals surface area contributed by atoms with Gasteiger partial charge in [0.15, 0.2) is 6.10 Å². The molecule has 3 aromatic carbocycles. The molecule has 2 saturated heterocycles. The summed E-state index contributed by atoms with van der Waals surface area (Å²) in [5.41, 5.74) is 5.14. The Morgan fingerprint density at radius 2 is 1.68 bits per heavy atom. The second kappa shape index (κ2) is 10.6. The number of aromatic nitrogens is 2. The number of halogens is 1. The molecule has 4 aromatic rings. The van der Waals surface area contributed by atoms with Crippen LogP contribution in [0.1, 0.15) is 10.4 Å². The number of amides is 1. The van der Waals surface area contributed by atoms with Gasteiger partial charge in [0, 0.05) is 11.1 Å². The molecule has 5 N–H and O–H groups in total. The van der Waals surface area contributed by atoms with Gasteiger partial charge in [-0.15, -0.1) is 0 Å². The summed E-state index contributed by atoms with van der Waals surface area (Å²) < 4.78 is 28.2. The molecule has 208 valence electrons. The highest BCUT2D eigenvalue weighted by atomic mass is 35.5. The molecule has 13 heteroatoms. The van der Waals surface area contributed by atoms with E-state index in [4.69, 9.17) is 35.6 Å². The molecule has 1 aromatic heterocycles.